The standard InChI is InChI=1S/C17H22N2O4/c1-17(2,3)23-16(22)19-10-12(8-11(9-18)15(20)21)13-6-4-5-7-14(13)19/h4-7,10-11H,8-9,18H2,1-3H3,(H,20,21)/t11-/m0/s1. The van der Waals surface area contributed by atoms with E-state index in [1.165, 1.54) is 4.57 Å². The Bertz CT molecular complexity index is 728. The smallest absolute Gasteiger partial charge is 0.419 e. The van der Waals surface area contributed by atoms with Crippen molar-refractivity contribution in [3.63, 3.8) is 0 Å². The summed E-state index contributed by atoms with van der Waals surface area (Å²) in [7, 11) is 0. The number of ether oxygens (including phenoxy) is 1. The van der Waals surface area contributed by atoms with Crippen molar-refractivity contribution in [3.8, 4) is 0 Å². The Balaban J connectivity index is 2.44. The van der Waals surface area contributed by atoms with E-state index in [-0.39, 0.29) is 13.0 Å². The summed E-state index contributed by atoms with van der Waals surface area (Å²) in [6.07, 6.45) is 1.42. The molecule has 6 nitrogen and oxygen atoms in total. The van der Waals surface area contributed by atoms with Crippen LogP contribution < -0.4 is 5.73 Å². The zero-order valence-corrected chi connectivity index (χ0v) is 13.6. The molecule has 0 fully saturated rings. The summed E-state index contributed by atoms with van der Waals surface area (Å²) >= 11 is 0. The number of carbonyl (C=O) groups excluding carboxylic acids is 1. The molecule has 23 heavy (non-hydrogen) atoms. The molecule has 0 saturated heterocycles. The van der Waals surface area contributed by atoms with Gasteiger partial charge in [-0.2, -0.15) is 0 Å². The molecule has 0 saturated carbocycles. The van der Waals surface area contributed by atoms with Crippen molar-refractivity contribution in [2.45, 2.75) is 32.8 Å². The molecule has 0 aliphatic rings. The molecule has 2 aromatic rings. The van der Waals surface area contributed by atoms with Crippen molar-refractivity contribution < 1.29 is 19.4 Å². The van der Waals surface area contributed by atoms with Gasteiger partial charge in [0.2, 0.25) is 0 Å². The number of hydrogen-bond acceptors (Lipinski definition) is 4. The zero-order chi connectivity index (χ0) is 17.2. The number of benzene rings is 1. The van der Waals surface area contributed by atoms with Gasteiger partial charge in [-0.1, -0.05) is 18.2 Å². The minimum absolute atomic E-state index is 0.0429. The van der Waals surface area contributed by atoms with Gasteiger partial charge < -0.3 is 15.6 Å². The van der Waals surface area contributed by atoms with Crippen molar-refractivity contribution in [2.24, 2.45) is 11.7 Å². The Morgan fingerprint density at radius 2 is 1.96 bits per heavy atom. The number of nitrogens with two attached hydrogens (primary N) is 1. The van der Waals surface area contributed by atoms with E-state index in [1.807, 2.05) is 18.2 Å². The van der Waals surface area contributed by atoms with Gasteiger partial charge in [-0.15, -0.1) is 0 Å². The second-order valence-corrected chi connectivity index (χ2v) is 6.50. The molecule has 0 aliphatic carbocycles. The van der Waals surface area contributed by atoms with Gasteiger partial charge in [0, 0.05) is 18.1 Å². The fourth-order valence-corrected chi connectivity index (χ4v) is 2.41. The van der Waals surface area contributed by atoms with E-state index in [4.69, 9.17) is 10.5 Å². The summed E-state index contributed by atoms with van der Waals surface area (Å²) in [5.41, 5.74) is 6.39. The highest BCUT2D eigenvalue weighted by molar-refractivity contribution is 5.92. The van der Waals surface area contributed by atoms with Crippen LogP contribution in [0, 0.1) is 5.92 Å². The Kier molecular flexibility index (Phi) is 4.75. The van der Waals surface area contributed by atoms with Gasteiger partial charge >= 0.3 is 12.1 Å². The SMILES string of the molecule is CC(C)(C)OC(=O)n1cc(C[C@@H](CN)C(=O)O)c2ccccc21. The van der Waals surface area contributed by atoms with Crippen LogP contribution in [-0.2, 0) is 16.0 Å². The highest BCUT2D eigenvalue weighted by Crippen LogP contribution is 2.25. The first kappa shape index (κ1) is 17.0. The Morgan fingerprint density at radius 1 is 1.30 bits per heavy atom. The van der Waals surface area contributed by atoms with Crippen molar-refractivity contribution in [3.05, 3.63) is 36.0 Å². The summed E-state index contributed by atoms with van der Waals surface area (Å²) in [6, 6.07) is 7.34. The number of para-hydroxylation sites is 1. The number of carbonyl (C=O) groups is 2. The maximum Gasteiger partial charge on any atom is 0.419 e. The number of carboxylic acid groups (broad SMARTS) is 1. The molecule has 6 heteroatoms. The fourth-order valence-electron chi connectivity index (χ4n) is 2.41. The van der Waals surface area contributed by atoms with E-state index in [9.17, 15) is 14.7 Å². The van der Waals surface area contributed by atoms with E-state index in [2.05, 4.69) is 0 Å². The van der Waals surface area contributed by atoms with Crippen LogP contribution in [0.5, 0.6) is 0 Å². The number of hydrogen-bond donors (Lipinski definition) is 2. The lowest BCUT2D eigenvalue weighted by atomic mass is 9.99. The highest BCUT2D eigenvalue weighted by Gasteiger charge is 2.23. The maximum absolute atomic E-state index is 12.4. The molecule has 1 heterocycles. The molecule has 3 N–H and O–H groups in total. The van der Waals surface area contributed by atoms with Gasteiger partial charge in [0.15, 0.2) is 0 Å². The van der Waals surface area contributed by atoms with E-state index in [0.29, 0.717) is 5.52 Å². The molecule has 0 spiro atoms. The lowest BCUT2D eigenvalue weighted by Gasteiger charge is -2.19. The quantitative estimate of drug-likeness (QED) is 0.903. The second-order valence-electron chi connectivity index (χ2n) is 6.50. The molecule has 0 aliphatic heterocycles. The lowest BCUT2D eigenvalue weighted by Crippen LogP contribution is -2.27. The average Bonchev–Trinajstić information content (AvgIpc) is 2.81. The van der Waals surface area contributed by atoms with Crippen LogP contribution in [-0.4, -0.2) is 33.9 Å². The van der Waals surface area contributed by atoms with Crippen LogP contribution in [0.15, 0.2) is 30.5 Å². The molecule has 0 radical (unpaired) electrons. The van der Waals surface area contributed by atoms with Gasteiger partial charge in [0.1, 0.15) is 5.60 Å². The number of nitrogens with zero attached hydrogens (tertiary/aromatic N) is 1. The molecular formula is C17H22N2O4. The first-order valence-electron chi connectivity index (χ1n) is 7.48. The van der Waals surface area contributed by atoms with Gasteiger partial charge in [-0.3, -0.25) is 9.36 Å². The summed E-state index contributed by atoms with van der Waals surface area (Å²) in [5.74, 6) is -1.63. The molecule has 0 unspecified atom stereocenters. The van der Waals surface area contributed by atoms with Crippen LogP contribution in [0.4, 0.5) is 4.79 Å². The summed E-state index contributed by atoms with van der Waals surface area (Å²) in [6.45, 7) is 5.44. The lowest BCUT2D eigenvalue weighted by molar-refractivity contribution is -0.141. The monoisotopic (exact) mass is 318 g/mol. The largest absolute Gasteiger partial charge is 0.481 e. The van der Waals surface area contributed by atoms with Crippen molar-refractivity contribution >= 4 is 23.0 Å². The van der Waals surface area contributed by atoms with E-state index in [0.717, 1.165) is 10.9 Å². The highest BCUT2D eigenvalue weighted by atomic mass is 16.6. The van der Waals surface area contributed by atoms with Gasteiger partial charge in [0.25, 0.3) is 0 Å². The summed E-state index contributed by atoms with van der Waals surface area (Å²) in [4.78, 5) is 23.6. The third kappa shape index (κ3) is 3.90. The molecule has 1 aromatic carbocycles. The first-order chi connectivity index (χ1) is 10.7. The normalized spacial score (nSPS) is 13.0. The molecule has 124 valence electrons. The Morgan fingerprint density at radius 3 is 2.52 bits per heavy atom. The van der Waals surface area contributed by atoms with Crippen LogP contribution in [0.3, 0.4) is 0 Å². The van der Waals surface area contributed by atoms with Gasteiger partial charge in [-0.25, -0.2) is 4.79 Å². The van der Waals surface area contributed by atoms with E-state index < -0.39 is 23.6 Å². The summed E-state index contributed by atoms with van der Waals surface area (Å²) < 4.78 is 6.83. The van der Waals surface area contributed by atoms with Crippen molar-refractivity contribution in [2.75, 3.05) is 6.54 Å². The first-order valence-corrected chi connectivity index (χ1v) is 7.48. The van der Waals surface area contributed by atoms with E-state index in [1.54, 1.807) is 33.0 Å². The van der Waals surface area contributed by atoms with Crippen molar-refractivity contribution in [1.82, 2.24) is 4.57 Å². The number of fused-ring (bicyclic) bond motifs is 1. The van der Waals surface area contributed by atoms with Crippen LogP contribution in [0.25, 0.3) is 10.9 Å². The summed E-state index contributed by atoms with van der Waals surface area (Å²) in [5, 5.41) is 10.0. The number of aromatic nitrogens is 1. The zero-order valence-electron chi connectivity index (χ0n) is 13.6. The second kappa shape index (κ2) is 6.42. The molecule has 2 rings (SSSR count). The number of rotatable bonds is 4. The number of carboxylic acids is 1. The predicted octanol–water partition coefficient (Wildman–Crippen LogP) is 2.63. The molecule has 0 bridgehead atoms. The van der Waals surface area contributed by atoms with E-state index >= 15 is 0 Å². The predicted molar refractivity (Wildman–Crippen MR) is 87.5 cm³/mol. The van der Waals surface area contributed by atoms with Crippen molar-refractivity contribution in [1.29, 1.82) is 0 Å². The number of aliphatic carboxylic acids is 1. The Hall–Kier alpha value is -2.34. The third-order valence-electron chi connectivity index (χ3n) is 3.48. The molecular weight excluding hydrogens is 296 g/mol. The third-order valence-corrected chi connectivity index (χ3v) is 3.48. The van der Waals surface area contributed by atoms with Crippen LogP contribution >= 0.6 is 0 Å². The minimum Gasteiger partial charge on any atom is -0.481 e. The van der Waals surface area contributed by atoms with Crippen LogP contribution in [0.1, 0.15) is 26.3 Å². The minimum atomic E-state index is -0.943. The average molecular weight is 318 g/mol. The molecule has 1 aromatic heterocycles. The fraction of sp³-hybridized carbons (Fsp3) is 0.412. The Labute approximate surface area is 134 Å². The van der Waals surface area contributed by atoms with Gasteiger partial charge in [-0.05, 0) is 38.8 Å². The topological polar surface area (TPSA) is 94.5 Å². The molecule has 0 amide bonds. The van der Waals surface area contributed by atoms with Gasteiger partial charge in [0.05, 0.1) is 11.4 Å². The van der Waals surface area contributed by atoms with Crippen LogP contribution in [0.2, 0.25) is 0 Å². The molecule has 1 atom stereocenters. The maximum atomic E-state index is 12.4.